The average Bonchev–Trinajstić information content (AvgIpc) is 3.20. The Morgan fingerprint density at radius 1 is 1.24 bits per heavy atom. The van der Waals surface area contributed by atoms with Crippen LogP contribution in [0.1, 0.15) is 38.5 Å². The number of anilines is 1. The highest BCUT2D eigenvalue weighted by molar-refractivity contribution is 14.0. The maximum absolute atomic E-state index is 12.7. The van der Waals surface area contributed by atoms with Crippen molar-refractivity contribution in [1.29, 1.82) is 0 Å². The highest BCUT2D eigenvalue weighted by Crippen LogP contribution is 2.26. The minimum atomic E-state index is -0.170. The lowest BCUT2D eigenvalue weighted by Crippen LogP contribution is -2.47. The predicted molar refractivity (Wildman–Crippen MR) is 124 cm³/mol. The fourth-order valence-corrected chi connectivity index (χ4v) is 3.88. The highest BCUT2D eigenvalue weighted by Gasteiger charge is 2.31. The van der Waals surface area contributed by atoms with Crippen molar-refractivity contribution in [3.63, 3.8) is 0 Å². The number of aliphatic imine (C=N–C) groups is 1. The molecule has 1 atom stereocenters. The van der Waals surface area contributed by atoms with E-state index in [1.54, 1.807) is 31.6 Å². The van der Waals surface area contributed by atoms with Gasteiger partial charge in [0.15, 0.2) is 5.96 Å². The topological polar surface area (TPSA) is 98.7 Å². The Hall–Kier alpha value is -1.91. The fraction of sp³-hybridized carbons (Fsp3) is 0.600. The summed E-state index contributed by atoms with van der Waals surface area (Å²) in [7, 11) is 1.67. The monoisotopic (exact) mass is 514 g/mol. The summed E-state index contributed by atoms with van der Waals surface area (Å²) in [5.41, 5.74) is 0.657. The van der Waals surface area contributed by atoms with Crippen LogP contribution >= 0.6 is 24.0 Å². The van der Waals surface area contributed by atoms with E-state index < -0.39 is 0 Å². The molecule has 9 heteroatoms. The van der Waals surface area contributed by atoms with Crippen LogP contribution in [0.15, 0.2) is 29.5 Å². The second-order valence-electron chi connectivity index (χ2n) is 7.46. The minimum absolute atomic E-state index is 0. The van der Waals surface area contributed by atoms with Crippen molar-refractivity contribution in [1.82, 2.24) is 20.5 Å². The molecule has 1 unspecified atom stereocenters. The number of aromatic nitrogens is 1. The van der Waals surface area contributed by atoms with E-state index >= 15 is 0 Å². The maximum atomic E-state index is 12.7. The number of amides is 2. The van der Waals surface area contributed by atoms with Crippen LogP contribution < -0.4 is 16.0 Å². The van der Waals surface area contributed by atoms with Crippen molar-refractivity contribution in [3.05, 3.63) is 24.5 Å². The number of pyridine rings is 1. The molecule has 160 valence electrons. The molecule has 2 fully saturated rings. The molecule has 3 N–H and O–H groups in total. The van der Waals surface area contributed by atoms with Gasteiger partial charge in [-0.1, -0.05) is 19.3 Å². The Morgan fingerprint density at radius 3 is 2.72 bits per heavy atom. The molecular weight excluding hydrogens is 483 g/mol. The quantitative estimate of drug-likeness (QED) is 0.317. The third kappa shape index (κ3) is 7.13. The van der Waals surface area contributed by atoms with Crippen LogP contribution in [-0.4, -0.2) is 60.4 Å². The van der Waals surface area contributed by atoms with Crippen molar-refractivity contribution in [2.24, 2.45) is 10.9 Å². The zero-order valence-electron chi connectivity index (χ0n) is 16.9. The molecule has 0 radical (unpaired) electrons. The van der Waals surface area contributed by atoms with E-state index in [1.807, 2.05) is 4.90 Å². The van der Waals surface area contributed by atoms with E-state index in [2.05, 4.69) is 25.9 Å². The third-order valence-electron chi connectivity index (χ3n) is 5.38. The largest absolute Gasteiger partial charge is 0.352 e. The van der Waals surface area contributed by atoms with Crippen molar-refractivity contribution in [2.75, 3.05) is 32.0 Å². The number of nitrogens with zero attached hydrogens (tertiary/aromatic N) is 3. The number of guanidine groups is 1. The molecule has 8 nitrogen and oxygen atoms in total. The molecule has 2 heterocycles. The van der Waals surface area contributed by atoms with Crippen LogP contribution in [0, 0.1) is 5.92 Å². The number of hydrogen-bond acceptors (Lipinski definition) is 4. The number of hydrogen-bond donors (Lipinski definition) is 3. The number of carbonyl (C=O) groups excluding carboxylic acids is 2. The summed E-state index contributed by atoms with van der Waals surface area (Å²) in [5, 5.41) is 9.13. The molecule has 1 aromatic heterocycles. The van der Waals surface area contributed by atoms with Crippen molar-refractivity contribution in [2.45, 2.75) is 44.6 Å². The van der Waals surface area contributed by atoms with E-state index in [0.29, 0.717) is 24.1 Å². The van der Waals surface area contributed by atoms with E-state index in [0.717, 1.165) is 25.8 Å². The summed E-state index contributed by atoms with van der Waals surface area (Å²) in [6.45, 7) is 1.58. The summed E-state index contributed by atoms with van der Waals surface area (Å²) in [4.78, 5) is 34.9. The first kappa shape index (κ1) is 23.4. The van der Waals surface area contributed by atoms with Crippen molar-refractivity contribution in [3.8, 4) is 0 Å². The lowest BCUT2D eigenvalue weighted by molar-refractivity contribution is -0.135. The van der Waals surface area contributed by atoms with Crippen molar-refractivity contribution < 1.29 is 9.59 Å². The molecule has 29 heavy (non-hydrogen) atoms. The normalized spacial score (nSPS) is 20.0. The smallest absolute Gasteiger partial charge is 0.243 e. The van der Waals surface area contributed by atoms with Gasteiger partial charge in [-0.3, -0.25) is 19.6 Å². The van der Waals surface area contributed by atoms with E-state index in [-0.39, 0.29) is 48.4 Å². The first-order valence-electron chi connectivity index (χ1n) is 10.1. The van der Waals surface area contributed by atoms with Gasteiger partial charge in [-0.2, -0.15) is 0 Å². The molecule has 3 rings (SSSR count). The molecule has 1 saturated heterocycles. The standard InChI is InChI=1S/C20H30N6O2.HI/c1-21-20(23-13-18(27)24-16-8-5-10-22-12-16)25-17-9-11-26(14-17)19(28)15-6-3-2-4-7-15;/h5,8,10,12,15,17H,2-4,6-7,9,11,13-14H2,1H3,(H,24,27)(H2,21,23,25);1H. The first-order valence-corrected chi connectivity index (χ1v) is 10.1. The van der Waals surface area contributed by atoms with Gasteiger partial charge in [0.1, 0.15) is 0 Å². The number of nitrogens with one attached hydrogen (secondary N) is 3. The van der Waals surface area contributed by atoms with Crippen LogP contribution in [0.4, 0.5) is 5.69 Å². The minimum Gasteiger partial charge on any atom is -0.352 e. The molecule has 1 aliphatic heterocycles. The molecule has 2 amide bonds. The van der Waals surface area contributed by atoms with Crippen LogP contribution in [0.3, 0.4) is 0 Å². The van der Waals surface area contributed by atoms with Crippen LogP contribution in [-0.2, 0) is 9.59 Å². The SMILES string of the molecule is CN=C(NCC(=O)Nc1cccnc1)NC1CCN(C(=O)C2CCCCC2)C1.I. The second-order valence-corrected chi connectivity index (χ2v) is 7.46. The molecule has 0 spiro atoms. The van der Waals surface area contributed by atoms with Crippen LogP contribution in [0.25, 0.3) is 0 Å². The fourth-order valence-electron chi connectivity index (χ4n) is 3.88. The second kappa shape index (κ2) is 11.9. The molecule has 1 aromatic rings. The molecule has 1 aliphatic carbocycles. The average molecular weight is 514 g/mol. The maximum Gasteiger partial charge on any atom is 0.243 e. The molecule has 2 aliphatic rings. The molecule has 0 bridgehead atoms. The Kier molecular flexibility index (Phi) is 9.62. The first-order chi connectivity index (χ1) is 13.7. The molecular formula is C20H31IN6O2. The van der Waals surface area contributed by atoms with Crippen molar-refractivity contribution >= 4 is 47.4 Å². The Morgan fingerprint density at radius 2 is 2.03 bits per heavy atom. The zero-order valence-corrected chi connectivity index (χ0v) is 19.2. The van der Waals surface area contributed by atoms with Crippen LogP contribution in [0.5, 0.6) is 0 Å². The van der Waals surface area contributed by atoms with E-state index in [4.69, 9.17) is 0 Å². The molecule has 0 aromatic carbocycles. The summed E-state index contributed by atoms with van der Waals surface area (Å²) < 4.78 is 0. The van der Waals surface area contributed by atoms with Crippen LogP contribution in [0.2, 0.25) is 0 Å². The molecule has 1 saturated carbocycles. The van der Waals surface area contributed by atoms with E-state index in [1.165, 1.54) is 19.3 Å². The van der Waals surface area contributed by atoms with E-state index in [9.17, 15) is 9.59 Å². The lowest BCUT2D eigenvalue weighted by Gasteiger charge is -2.26. The summed E-state index contributed by atoms with van der Waals surface area (Å²) in [6, 6.07) is 3.71. The van der Waals surface area contributed by atoms with Gasteiger partial charge in [0, 0.05) is 38.3 Å². The number of carbonyl (C=O) groups is 2. The Balaban J connectivity index is 0.00000300. The third-order valence-corrected chi connectivity index (χ3v) is 5.38. The Bertz CT molecular complexity index is 693. The highest BCUT2D eigenvalue weighted by atomic mass is 127. The van der Waals surface area contributed by atoms with Gasteiger partial charge < -0.3 is 20.9 Å². The summed E-state index contributed by atoms with van der Waals surface area (Å²) in [6.07, 6.45) is 9.80. The number of rotatable bonds is 5. The van der Waals surface area contributed by atoms with Gasteiger partial charge in [-0.15, -0.1) is 24.0 Å². The number of likely N-dealkylation sites (tertiary alicyclic amines) is 1. The summed E-state index contributed by atoms with van der Waals surface area (Å²) in [5.74, 6) is 0.915. The van der Waals surface area contributed by atoms with Gasteiger partial charge in [0.25, 0.3) is 0 Å². The predicted octanol–water partition coefficient (Wildman–Crippen LogP) is 1.98. The zero-order chi connectivity index (χ0) is 19.8. The van der Waals surface area contributed by atoms with Gasteiger partial charge in [0.2, 0.25) is 11.8 Å². The van der Waals surface area contributed by atoms with Gasteiger partial charge >= 0.3 is 0 Å². The number of halogens is 1. The van der Waals surface area contributed by atoms with Gasteiger partial charge in [-0.05, 0) is 31.4 Å². The van der Waals surface area contributed by atoms with Gasteiger partial charge in [0.05, 0.1) is 18.4 Å². The lowest BCUT2D eigenvalue weighted by atomic mass is 9.88. The van der Waals surface area contributed by atoms with Gasteiger partial charge in [-0.25, -0.2) is 0 Å². The summed E-state index contributed by atoms with van der Waals surface area (Å²) >= 11 is 0. The Labute approximate surface area is 189 Å².